The van der Waals surface area contributed by atoms with E-state index in [4.69, 9.17) is 11.6 Å². The van der Waals surface area contributed by atoms with Crippen LogP contribution >= 0.6 is 23.4 Å². The first-order chi connectivity index (χ1) is 11.6. The Morgan fingerprint density at radius 2 is 1.88 bits per heavy atom. The largest absolute Gasteiger partial charge is 0.322 e. The van der Waals surface area contributed by atoms with Gasteiger partial charge in [-0.15, -0.1) is 0 Å². The fraction of sp³-hybridized carbons (Fsp3) is 0.0526. The van der Waals surface area contributed by atoms with Crippen LogP contribution in [0.4, 0.5) is 5.69 Å². The molecule has 5 heteroatoms. The molecule has 3 rings (SSSR count). The molecule has 3 nitrogen and oxygen atoms in total. The molecule has 0 aliphatic rings. The molecule has 0 aliphatic heterocycles. The fourth-order valence-corrected chi connectivity index (χ4v) is 3.33. The fourth-order valence-electron chi connectivity index (χ4n) is 2.20. The van der Waals surface area contributed by atoms with Crippen LogP contribution in [0.25, 0.3) is 0 Å². The first kappa shape index (κ1) is 16.6. The molecule has 0 radical (unpaired) electrons. The van der Waals surface area contributed by atoms with Gasteiger partial charge in [-0.05, 0) is 55.0 Å². The second kappa shape index (κ2) is 7.51. The lowest BCUT2D eigenvalue weighted by atomic mass is 10.2. The zero-order chi connectivity index (χ0) is 16.9. The Morgan fingerprint density at radius 3 is 2.62 bits per heavy atom. The Morgan fingerprint density at radius 1 is 1.08 bits per heavy atom. The maximum absolute atomic E-state index is 12.7. The molecule has 24 heavy (non-hydrogen) atoms. The summed E-state index contributed by atoms with van der Waals surface area (Å²) < 4.78 is 0. The molecule has 0 saturated carbocycles. The predicted molar refractivity (Wildman–Crippen MR) is 98.9 cm³/mol. The van der Waals surface area contributed by atoms with Crippen LogP contribution in [0.2, 0.25) is 5.02 Å². The zero-order valence-electron chi connectivity index (χ0n) is 13.0. The predicted octanol–water partition coefficient (Wildman–Crippen LogP) is 5.45. The van der Waals surface area contributed by atoms with E-state index in [1.807, 2.05) is 43.3 Å². The van der Waals surface area contributed by atoms with E-state index < -0.39 is 0 Å². The number of nitrogens with zero attached hydrogens (tertiary/aromatic N) is 1. The maximum atomic E-state index is 12.7. The van der Waals surface area contributed by atoms with Crippen LogP contribution in [0.1, 0.15) is 15.9 Å². The number of aromatic nitrogens is 1. The number of carbonyl (C=O) groups is 1. The highest BCUT2D eigenvalue weighted by atomic mass is 35.5. The quantitative estimate of drug-likeness (QED) is 0.677. The SMILES string of the molecule is Cc1cc(Cl)ccc1NC(=O)c1cccnc1Sc1ccccc1. The monoisotopic (exact) mass is 354 g/mol. The highest BCUT2D eigenvalue weighted by Crippen LogP contribution is 2.29. The molecule has 0 bridgehead atoms. The van der Waals surface area contributed by atoms with Gasteiger partial charge >= 0.3 is 0 Å². The average molecular weight is 355 g/mol. The van der Waals surface area contributed by atoms with Gasteiger partial charge in [0.05, 0.1) is 5.56 Å². The Hall–Kier alpha value is -2.30. The standard InChI is InChI=1S/C19H15ClN2OS/c1-13-12-14(20)9-10-17(13)22-18(23)16-8-5-11-21-19(16)24-15-6-3-2-4-7-15/h2-12H,1H3,(H,22,23). The van der Waals surface area contributed by atoms with Crippen LogP contribution < -0.4 is 5.32 Å². The molecule has 0 unspecified atom stereocenters. The zero-order valence-corrected chi connectivity index (χ0v) is 14.6. The van der Waals surface area contributed by atoms with E-state index in [0.717, 1.165) is 16.1 Å². The first-order valence-electron chi connectivity index (χ1n) is 7.39. The van der Waals surface area contributed by atoms with Gasteiger partial charge in [-0.25, -0.2) is 4.98 Å². The van der Waals surface area contributed by atoms with Crippen molar-refractivity contribution in [2.24, 2.45) is 0 Å². The summed E-state index contributed by atoms with van der Waals surface area (Å²) in [5, 5.41) is 4.25. The Kier molecular flexibility index (Phi) is 5.18. The summed E-state index contributed by atoms with van der Waals surface area (Å²) >= 11 is 7.43. The maximum Gasteiger partial charge on any atom is 0.258 e. The molecule has 3 aromatic rings. The summed E-state index contributed by atoms with van der Waals surface area (Å²) in [4.78, 5) is 18.1. The van der Waals surface area contributed by atoms with E-state index in [9.17, 15) is 4.79 Å². The molecule has 120 valence electrons. The highest BCUT2D eigenvalue weighted by molar-refractivity contribution is 7.99. The third kappa shape index (κ3) is 3.96. The van der Waals surface area contributed by atoms with Gasteiger partial charge in [0.1, 0.15) is 5.03 Å². The summed E-state index contributed by atoms with van der Waals surface area (Å²) in [6.07, 6.45) is 1.69. The Labute approximate surface area is 150 Å². The molecule has 0 spiro atoms. The van der Waals surface area contributed by atoms with E-state index in [-0.39, 0.29) is 5.91 Å². The minimum absolute atomic E-state index is 0.188. The molecule has 2 aromatic carbocycles. The van der Waals surface area contributed by atoms with Gasteiger partial charge in [0.15, 0.2) is 0 Å². The normalized spacial score (nSPS) is 10.4. The lowest BCUT2D eigenvalue weighted by Crippen LogP contribution is -2.14. The summed E-state index contributed by atoms with van der Waals surface area (Å²) in [5.41, 5.74) is 2.20. The van der Waals surface area contributed by atoms with Crippen molar-refractivity contribution in [3.05, 3.63) is 83.0 Å². The van der Waals surface area contributed by atoms with Crippen molar-refractivity contribution < 1.29 is 4.79 Å². The summed E-state index contributed by atoms with van der Waals surface area (Å²) in [6, 6.07) is 18.8. The number of aryl methyl sites for hydroxylation is 1. The van der Waals surface area contributed by atoms with E-state index >= 15 is 0 Å². The van der Waals surface area contributed by atoms with E-state index in [1.54, 1.807) is 30.5 Å². The Balaban J connectivity index is 1.85. The number of rotatable bonds is 4. The minimum Gasteiger partial charge on any atom is -0.322 e. The van der Waals surface area contributed by atoms with Gasteiger partial charge in [0.2, 0.25) is 0 Å². The molecule has 1 aromatic heterocycles. The smallest absolute Gasteiger partial charge is 0.258 e. The van der Waals surface area contributed by atoms with Crippen molar-refractivity contribution in [1.82, 2.24) is 4.98 Å². The van der Waals surface area contributed by atoms with Crippen LogP contribution in [0.5, 0.6) is 0 Å². The van der Waals surface area contributed by atoms with Gasteiger partial charge in [-0.2, -0.15) is 0 Å². The molecule has 0 aliphatic carbocycles. The number of amides is 1. The number of halogens is 1. The van der Waals surface area contributed by atoms with Crippen LogP contribution in [0, 0.1) is 6.92 Å². The summed E-state index contributed by atoms with van der Waals surface area (Å²) in [7, 11) is 0. The van der Waals surface area contributed by atoms with Gasteiger partial charge < -0.3 is 5.32 Å². The van der Waals surface area contributed by atoms with Crippen molar-refractivity contribution in [1.29, 1.82) is 0 Å². The van der Waals surface area contributed by atoms with Crippen molar-refractivity contribution in [2.45, 2.75) is 16.8 Å². The molecule has 1 amide bonds. The van der Waals surface area contributed by atoms with Gasteiger partial charge in [-0.3, -0.25) is 4.79 Å². The number of carbonyl (C=O) groups excluding carboxylic acids is 1. The average Bonchev–Trinajstić information content (AvgIpc) is 2.59. The number of hydrogen-bond acceptors (Lipinski definition) is 3. The molecule has 0 fully saturated rings. The van der Waals surface area contributed by atoms with E-state index in [0.29, 0.717) is 15.6 Å². The molecule has 0 saturated heterocycles. The molecule has 1 heterocycles. The second-order valence-corrected chi connectivity index (χ2v) is 6.68. The number of pyridine rings is 1. The van der Waals surface area contributed by atoms with Gasteiger partial charge in [0, 0.05) is 21.8 Å². The van der Waals surface area contributed by atoms with E-state index in [1.165, 1.54) is 11.8 Å². The number of benzene rings is 2. The third-order valence-electron chi connectivity index (χ3n) is 3.41. The Bertz CT molecular complexity index is 868. The summed E-state index contributed by atoms with van der Waals surface area (Å²) in [5.74, 6) is -0.188. The number of anilines is 1. The summed E-state index contributed by atoms with van der Waals surface area (Å²) in [6.45, 7) is 1.91. The van der Waals surface area contributed by atoms with Crippen LogP contribution in [0.3, 0.4) is 0 Å². The van der Waals surface area contributed by atoms with Gasteiger partial charge in [0.25, 0.3) is 5.91 Å². The van der Waals surface area contributed by atoms with Crippen molar-refractivity contribution >= 4 is 35.0 Å². The van der Waals surface area contributed by atoms with Crippen molar-refractivity contribution in [2.75, 3.05) is 5.32 Å². The lowest BCUT2D eigenvalue weighted by molar-refractivity contribution is 0.102. The third-order valence-corrected chi connectivity index (χ3v) is 4.67. The van der Waals surface area contributed by atoms with Crippen LogP contribution in [-0.4, -0.2) is 10.9 Å². The van der Waals surface area contributed by atoms with Crippen molar-refractivity contribution in [3.63, 3.8) is 0 Å². The van der Waals surface area contributed by atoms with E-state index in [2.05, 4.69) is 10.3 Å². The highest BCUT2D eigenvalue weighted by Gasteiger charge is 2.14. The van der Waals surface area contributed by atoms with Gasteiger partial charge in [-0.1, -0.05) is 41.6 Å². The first-order valence-corrected chi connectivity index (χ1v) is 8.58. The molecular formula is C19H15ClN2OS. The lowest BCUT2D eigenvalue weighted by Gasteiger charge is -2.11. The number of hydrogen-bond donors (Lipinski definition) is 1. The number of nitrogens with one attached hydrogen (secondary N) is 1. The topological polar surface area (TPSA) is 42.0 Å². The molecule has 0 atom stereocenters. The van der Waals surface area contributed by atoms with Crippen LogP contribution in [0.15, 0.2) is 76.8 Å². The second-order valence-electron chi connectivity index (χ2n) is 5.18. The van der Waals surface area contributed by atoms with Crippen LogP contribution in [-0.2, 0) is 0 Å². The molecule has 1 N–H and O–H groups in total. The van der Waals surface area contributed by atoms with Crippen molar-refractivity contribution in [3.8, 4) is 0 Å². The minimum atomic E-state index is -0.188. The molecular weight excluding hydrogens is 340 g/mol.